The highest BCUT2D eigenvalue weighted by Crippen LogP contribution is 2.44. The second kappa shape index (κ2) is 7.24. The number of hydrogen-bond donors (Lipinski definition) is 0. The summed E-state index contributed by atoms with van der Waals surface area (Å²) in [5, 5.41) is 0. The number of piperidine rings is 2. The van der Waals surface area contributed by atoms with Crippen molar-refractivity contribution in [3.8, 4) is 0 Å². The molecule has 2 aliphatic heterocycles. The summed E-state index contributed by atoms with van der Waals surface area (Å²) in [4.78, 5) is 17.3. The van der Waals surface area contributed by atoms with Crippen molar-refractivity contribution in [2.75, 3.05) is 33.2 Å². The fourth-order valence-corrected chi connectivity index (χ4v) is 4.92. The van der Waals surface area contributed by atoms with Gasteiger partial charge in [-0.1, -0.05) is 48.5 Å². The number of benzene rings is 2. The van der Waals surface area contributed by atoms with Crippen LogP contribution in [-0.4, -0.2) is 48.9 Å². The van der Waals surface area contributed by atoms with E-state index in [0.717, 1.165) is 44.6 Å². The van der Waals surface area contributed by atoms with Crippen molar-refractivity contribution in [2.24, 2.45) is 5.41 Å². The number of nitrogens with zero attached hydrogens (tertiary/aromatic N) is 2. The van der Waals surface area contributed by atoms with E-state index in [-0.39, 0.29) is 5.91 Å². The minimum atomic E-state index is 0.184. The molecular weight excluding hydrogens is 320 g/mol. The molecule has 2 heterocycles. The highest BCUT2D eigenvalue weighted by molar-refractivity contribution is 5.94. The van der Waals surface area contributed by atoms with Crippen molar-refractivity contribution >= 4 is 5.91 Å². The van der Waals surface area contributed by atoms with Gasteiger partial charge in [-0.2, -0.15) is 0 Å². The third-order valence-corrected chi connectivity index (χ3v) is 6.22. The lowest BCUT2D eigenvalue weighted by Crippen LogP contribution is -2.51. The smallest absolute Gasteiger partial charge is 0.253 e. The molecule has 1 unspecified atom stereocenters. The molecular formula is C23H28N2O. The van der Waals surface area contributed by atoms with E-state index in [1.807, 2.05) is 35.2 Å². The zero-order valence-corrected chi connectivity index (χ0v) is 15.6. The van der Waals surface area contributed by atoms with Crippen LogP contribution in [0.4, 0.5) is 0 Å². The molecule has 2 aromatic carbocycles. The maximum Gasteiger partial charge on any atom is 0.253 e. The van der Waals surface area contributed by atoms with E-state index in [2.05, 4.69) is 42.3 Å². The van der Waals surface area contributed by atoms with Gasteiger partial charge in [-0.15, -0.1) is 0 Å². The van der Waals surface area contributed by atoms with Crippen LogP contribution in [0.1, 0.15) is 41.1 Å². The highest BCUT2D eigenvalue weighted by atomic mass is 16.2. The molecule has 2 fully saturated rings. The first-order valence-corrected chi connectivity index (χ1v) is 9.73. The normalized spacial score (nSPS) is 23.1. The molecule has 0 N–H and O–H groups in total. The molecule has 2 aliphatic rings. The summed E-state index contributed by atoms with van der Waals surface area (Å²) in [6.07, 6.45) is 3.47. The van der Waals surface area contributed by atoms with Crippen molar-refractivity contribution in [3.63, 3.8) is 0 Å². The summed E-state index contributed by atoms with van der Waals surface area (Å²) in [7, 11) is 2.25. The average molecular weight is 348 g/mol. The minimum Gasteiger partial charge on any atom is -0.339 e. The molecule has 0 bridgehead atoms. The number of likely N-dealkylation sites (N-methyl/N-ethyl adjacent to an activating group) is 1. The van der Waals surface area contributed by atoms with Gasteiger partial charge in [0.15, 0.2) is 0 Å². The predicted molar refractivity (Wildman–Crippen MR) is 105 cm³/mol. The zero-order valence-electron chi connectivity index (χ0n) is 15.6. The first-order chi connectivity index (χ1) is 12.7. The minimum absolute atomic E-state index is 0.184. The second-order valence-electron chi connectivity index (χ2n) is 8.17. The molecule has 136 valence electrons. The Balaban J connectivity index is 1.45. The third kappa shape index (κ3) is 3.54. The van der Waals surface area contributed by atoms with Crippen LogP contribution in [0, 0.1) is 5.41 Å². The van der Waals surface area contributed by atoms with Gasteiger partial charge in [0.2, 0.25) is 0 Å². The molecule has 1 atom stereocenters. The largest absolute Gasteiger partial charge is 0.339 e. The number of hydrogen-bond acceptors (Lipinski definition) is 2. The average Bonchev–Trinajstić information content (AvgIpc) is 2.69. The van der Waals surface area contributed by atoms with E-state index >= 15 is 0 Å². The van der Waals surface area contributed by atoms with E-state index in [4.69, 9.17) is 0 Å². The van der Waals surface area contributed by atoms with Crippen LogP contribution < -0.4 is 0 Å². The molecule has 3 heteroatoms. The summed E-state index contributed by atoms with van der Waals surface area (Å²) in [6, 6.07) is 20.6. The standard InChI is InChI=1S/C23H28N2O/c1-24-17-21(19-8-4-2-5-9-19)16-23(18-24)12-14-25(15-13-23)22(26)20-10-6-3-7-11-20/h2-11,21H,12-18H2,1H3. The Hall–Kier alpha value is -2.13. The Morgan fingerprint density at radius 2 is 1.58 bits per heavy atom. The molecule has 4 rings (SSSR count). The Bertz CT molecular complexity index is 735. The van der Waals surface area contributed by atoms with Crippen LogP contribution in [0.5, 0.6) is 0 Å². The third-order valence-electron chi connectivity index (χ3n) is 6.22. The fourth-order valence-electron chi connectivity index (χ4n) is 4.92. The fraction of sp³-hybridized carbons (Fsp3) is 0.435. The van der Waals surface area contributed by atoms with E-state index < -0.39 is 0 Å². The van der Waals surface area contributed by atoms with Gasteiger partial charge in [-0.05, 0) is 55.3 Å². The first-order valence-electron chi connectivity index (χ1n) is 9.73. The molecule has 0 radical (unpaired) electrons. The second-order valence-corrected chi connectivity index (χ2v) is 8.17. The Labute approximate surface area is 156 Å². The van der Waals surface area contributed by atoms with Gasteiger partial charge in [0.25, 0.3) is 5.91 Å². The molecule has 0 aliphatic carbocycles. The SMILES string of the molecule is CN1CC(c2ccccc2)CC2(CCN(C(=O)c3ccccc3)CC2)C1. The number of carbonyl (C=O) groups is 1. The lowest BCUT2D eigenvalue weighted by atomic mass is 9.68. The monoisotopic (exact) mass is 348 g/mol. The van der Waals surface area contributed by atoms with Crippen LogP contribution in [0.25, 0.3) is 0 Å². The van der Waals surface area contributed by atoms with Crippen LogP contribution in [0.15, 0.2) is 60.7 Å². The van der Waals surface area contributed by atoms with E-state index in [0.29, 0.717) is 11.3 Å². The summed E-state index contributed by atoms with van der Waals surface area (Å²) in [6.45, 7) is 4.05. The first kappa shape index (κ1) is 17.3. The Morgan fingerprint density at radius 1 is 0.962 bits per heavy atom. The van der Waals surface area contributed by atoms with Gasteiger partial charge in [-0.25, -0.2) is 0 Å². The van der Waals surface area contributed by atoms with Crippen molar-refractivity contribution in [3.05, 3.63) is 71.8 Å². The van der Waals surface area contributed by atoms with Crippen molar-refractivity contribution < 1.29 is 4.79 Å². The lowest BCUT2D eigenvalue weighted by Gasteiger charge is -2.49. The Kier molecular flexibility index (Phi) is 4.82. The molecule has 0 aromatic heterocycles. The number of likely N-dealkylation sites (tertiary alicyclic amines) is 2. The zero-order chi connectivity index (χ0) is 18.0. The van der Waals surface area contributed by atoms with Gasteiger partial charge in [0.05, 0.1) is 0 Å². The Morgan fingerprint density at radius 3 is 2.23 bits per heavy atom. The topological polar surface area (TPSA) is 23.6 Å². The summed E-state index contributed by atoms with van der Waals surface area (Å²) in [5.74, 6) is 0.788. The summed E-state index contributed by atoms with van der Waals surface area (Å²) >= 11 is 0. The van der Waals surface area contributed by atoms with Gasteiger partial charge in [0.1, 0.15) is 0 Å². The van der Waals surface area contributed by atoms with Crippen molar-refractivity contribution in [1.29, 1.82) is 0 Å². The van der Waals surface area contributed by atoms with Crippen LogP contribution in [0.3, 0.4) is 0 Å². The highest BCUT2D eigenvalue weighted by Gasteiger charge is 2.42. The maximum atomic E-state index is 12.7. The summed E-state index contributed by atoms with van der Waals surface area (Å²) < 4.78 is 0. The van der Waals surface area contributed by atoms with Crippen LogP contribution in [-0.2, 0) is 0 Å². The molecule has 0 saturated carbocycles. The van der Waals surface area contributed by atoms with Gasteiger partial charge >= 0.3 is 0 Å². The van der Waals surface area contributed by atoms with Crippen molar-refractivity contribution in [1.82, 2.24) is 9.80 Å². The summed E-state index contributed by atoms with van der Waals surface area (Å²) in [5.41, 5.74) is 2.62. The van der Waals surface area contributed by atoms with E-state index in [9.17, 15) is 4.79 Å². The maximum absolute atomic E-state index is 12.7. The predicted octanol–water partition coefficient (Wildman–Crippen LogP) is 4.03. The molecule has 2 aromatic rings. The number of carbonyl (C=O) groups excluding carboxylic acids is 1. The molecule has 2 saturated heterocycles. The van der Waals surface area contributed by atoms with Crippen molar-refractivity contribution in [2.45, 2.75) is 25.2 Å². The molecule has 1 amide bonds. The van der Waals surface area contributed by atoms with Gasteiger partial charge < -0.3 is 9.80 Å². The van der Waals surface area contributed by atoms with Gasteiger partial charge in [-0.3, -0.25) is 4.79 Å². The lowest BCUT2D eigenvalue weighted by molar-refractivity contribution is 0.0224. The van der Waals surface area contributed by atoms with Crippen LogP contribution >= 0.6 is 0 Å². The molecule has 1 spiro atoms. The number of amides is 1. The molecule has 3 nitrogen and oxygen atoms in total. The number of rotatable bonds is 2. The quantitative estimate of drug-likeness (QED) is 0.818. The van der Waals surface area contributed by atoms with E-state index in [1.54, 1.807) is 0 Å². The molecule has 26 heavy (non-hydrogen) atoms. The van der Waals surface area contributed by atoms with Crippen LogP contribution in [0.2, 0.25) is 0 Å². The van der Waals surface area contributed by atoms with Gasteiger partial charge in [0, 0.05) is 31.7 Å². The van der Waals surface area contributed by atoms with E-state index in [1.165, 1.54) is 12.0 Å².